The molecule has 1 aliphatic heterocycles. The van der Waals surface area contributed by atoms with Gasteiger partial charge < -0.3 is 9.84 Å². The maximum Gasteiger partial charge on any atom is 0.411 e. The van der Waals surface area contributed by atoms with Crippen LogP contribution in [0.1, 0.15) is 40.5 Å². The lowest BCUT2D eigenvalue weighted by atomic mass is 9.86. The number of nitrogens with zero attached hydrogens (tertiary/aromatic N) is 1. The highest BCUT2D eigenvalue weighted by Gasteiger charge is 2.44. The number of piperidine rings is 1. The van der Waals surface area contributed by atoms with Crippen molar-refractivity contribution in [2.24, 2.45) is 5.92 Å². The lowest BCUT2D eigenvalue weighted by Gasteiger charge is -2.38. The normalized spacial score (nSPS) is 24.2. The van der Waals surface area contributed by atoms with Crippen molar-refractivity contribution in [2.75, 3.05) is 6.54 Å². The van der Waals surface area contributed by atoms with Gasteiger partial charge in [-0.2, -0.15) is 0 Å². The van der Waals surface area contributed by atoms with Gasteiger partial charge in [0.05, 0.1) is 0 Å². The predicted octanol–water partition coefficient (Wildman–Crippen LogP) is 1.68. The number of amides is 1. The summed E-state index contributed by atoms with van der Waals surface area (Å²) in [5.74, 6) is -1.92. The number of ketones is 1. The molecule has 0 spiro atoms. The second-order valence-corrected chi connectivity index (χ2v) is 5.69. The number of hydrogen-bond donors (Lipinski definition) is 1. The third-order valence-electron chi connectivity index (χ3n) is 3.05. The Hall–Kier alpha value is -1.59. The molecule has 0 saturated carbocycles. The average Bonchev–Trinajstić information content (AvgIpc) is 2.25. The lowest BCUT2D eigenvalue weighted by Crippen LogP contribution is -2.56. The number of carboxylic acid groups (broad SMARTS) is 1. The minimum atomic E-state index is -1.16. The second kappa shape index (κ2) is 5.59. The summed E-state index contributed by atoms with van der Waals surface area (Å²) in [6, 6.07) is -1.12. The van der Waals surface area contributed by atoms with Gasteiger partial charge in [0.15, 0.2) is 0 Å². The summed E-state index contributed by atoms with van der Waals surface area (Å²) in [5.41, 5.74) is -0.691. The van der Waals surface area contributed by atoms with Crippen LogP contribution in [0.4, 0.5) is 4.79 Å². The van der Waals surface area contributed by atoms with Gasteiger partial charge in [0.1, 0.15) is 17.4 Å². The molecule has 6 heteroatoms. The van der Waals surface area contributed by atoms with Crippen molar-refractivity contribution in [3.63, 3.8) is 0 Å². The van der Waals surface area contributed by atoms with Gasteiger partial charge in [0.2, 0.25) is 0 Å². The van der Waals surface area contributed by atoms with E-state index in [1.165, 1.54) is 0 Å². The van der Waals surface area contributed by atoms with E-state index < -0.39 is 29.6 Å². The first kappa shape index (κ1) is 15.5. The monoisotopic (exact) mass is 271 g/mol. The van der Waals surface area contributed by atoms with Crippen LogP contribution in [0.5, 0.6) is 0 Å². The Balaban J connectivity index is 2.95. The van der Waals surface area contributed by atoms with E-state index in [-0.39, 0.29) is 18.7 Å². The summed E-state index contributed by atoms with van der Waals surface area (Å²) in [4.78, 5) is 36.3. The van der Waals surface area contributed by atoms with E-state index in [1.807, 2.05) is 0 Å². The maximum atomic E-state index is 12.0. The van der Waals surface area contributed by atoms with Crippen molar-refractivity contribution >= 4 is 17.8 Å². The van der Waals surface area contributed by atoms with Gasteiger partial charge in [-0.1, -0.05) is 6.92 Å². The molecular weight excluding hydrogens is 250 g/mol. The Kier molecular flexibility index (Phi) is 4.55. The Morgan fingerprint density at radius 2 is 2.00 bits per heavy atom. The molecule has 0 aromatic heterocycles. The van der Waals surface area contributed by atoms with Crippen LogP contribution < -0.4 is 0 Å². The molecule has 1 amide bonds. The molecule has 2 atom stereocenters. The van der Waals surface area contributed by atoms with Gasteiger partial charge in [0, 0.05) is 18.9 Å². The number of carbonyl (C=O) groups excluding carboxylic acids is 2. The summed E-state index contributed by atoms with van der Waals surface area (Å²) in [5, 5.41) is 9.27. The minimum absolute atomic E-state index is 0.0984. The zero-order chi connectivity index (χ0) is 14.8. The molecule has 0 radical (unpaired) electrons. The van der Waals surface area contributed by atoms with Crippen LogP contribution >= 0.6 is 0 Å². The number of carboxylic acids is 1. The molecule has 0 bridgehead atoms. The SMILES string of the molecule is CCC1C(=O)CCN(C(=O)OC(C)(C)C)C1C(=O)O. The van der Waals surface area contributed by atoms with Crippen molar-refractivity contribution in [2.45, 2.75) is 52.2 Å². The highest BCUT2D eigenvalue weighted by atomic mass is 16.6. The van der Waals surface area contributed by atoms with Crippen molar-refractivity contribution in [1.29, 1.82) is 0 Å². The summed E-state index contributed by atoms with van der Waals surface area (Å²) in [6.45, 7) is 6.99. The minimum Gasteiger partial charge on any atom is -0.480 e. The summed E-state index contributed by atoms with van der Waals surface area (Å²) in [6.07, 6.45) is -0.0952. The first-order valence-electron chi connectivity index (χ1n) is 6.42. The van der Waals surface area contributed by atoms with E-state index >= 15 is 0 Å². The van der Waals surface area contributed by atoms with Gasteiger partial charge in [-0.25, -0.2) is 9.59 Å². The van der Waals surface area contributed by atoms with Gasteiger partial charge in [-0.05, 0) is 27.2 Å². The maximum absolute atomic E-state index is 12.0. The summed E-state index contributed by atoms with van der Waals surface area (Å²) in [7, 11) is 0. The molecule has 0 aromatic rings. The zero-order valence-electron chi connectivity index (χ0n) is 11.8. The fourth-order valence-electron chi connectivity index (χ4n) is 2.23. The summed E-state index contributed by atoms with van der Waals surface area (Å²) < 4.78 is 5.20. The molecule has 1 N–H and O–H groups in total. The van der Waals surface area contributed by atoms with Gasteiger partial charge >= 0.3 is 12.1 Å². The lowest BCUT2D eigenvalue weighted by molar-refractivity contribution is -0.151. The number of rotatable bonds is 2. The molecule has 0 aromatic carbocycles. The smallest absolute Gasteiger partial charge is 0.411 e. The average molecular weight is 271 g/mol. The molecule has 1 fully saturated rings. The number of carbonyl (C=O) groups is 3. The first-order chi connectivity index (χ1) is 8.67. The van der Waals surface area contributed by atoms with Gasteiger partial charge in [-0.3, -0.25) is 9.69 Å². The van der Waals surface area contributed by atoms with E-state index in [2.05, 4.69) is 0 Å². The highest BCUT2D eigenvalue weighted by Crippen LogP contribution is 2.25. The Labute approximate surface area is 112 Å². The Bertz CT molecular complexity index is 385. The predicted molar refractivity (Wildman–Crippen MR) is 67.8 cm³/mol. The topological polar surface area (TPSA) is 83.9 Å². The van der Waals surface area contributed by atoms with Crippen LogP contribution in [-0.2, 0) is 14.3 Å². The van der Waals surface area contributed by atoms with Crippen LogP contribution in [-0.4, -0.2) is 46.0 Å². The highest BCUT2D eigenvalue weighted by molar-refractivity contribution is 5.92. The van der Waals surface area contributed by atoms with Crippen LogP contribution in [0.25, 0.3) is 0 Å². The Morgan fingerprint density at radius 1 is 1.42 bits per heavy atom. The van der Waals surface area contributed by atoms with Crippen LogP contribution in [0, 0.1) is 5.92 Å². The van der Waals surface area contributed by atoms with E-state index in [0.717, 1.165) is 4.90 Å². The number of hydrogen-bond acceptors (Lipinski definition) is 4. The molecule has 1 heterocycles. The van der Waals surface area contributed by atoms with Crippen molar-refractivity contribution in [1.82, 2.24) is 4.90 Å². The van der Waals surface area contributed by atoms with Crippen LogP contribution in [0.2, 0.25) is 0 Å². The molecular formula is C13H21NO5. The quantitative estimate of drug-likeness (QED) is 0.826. The third kappa shape index (κ3) is 3.68. The van der Waals surface area contributed by atoms with Crippen molar-refractivity contribution in [3.05, 3.63) is 0 Å². The number of Topliss-reactive ketones (excluding diaryl/α,β-unsaturated/α-hetero) is 1. The fraction of sp³-hybridized carbons (Fsp3) is 0.769. The van der Waals surface area contributed by atoms with Crippen molar-refractivity contribution < 1.29 is 24.2 Å². The molecule has 6 nitrogen and oxygen atoms in total. The number of ether oxygens (including phenoxy) is 1. The first-order valence-corrected chi connectivity index (χ1v) is 6.42. The van der Waals surface area contributed by atoms with Crippen LogP contribution in [0.3, 0.4) is 0 Å². The zero-order valence-corrected chi connectivity index (χ0v) is 11.8. The molecule has 108 valence electrons. The van der Waals surface area contributed by atoms with E-state index in [9.17, 15) is 19.5 Å². The van der Waals surface area contributed by atoms with Gasteiger partial charge in [0.25, 0.3) is 0 Å². The fourth-order valence-corrected chi connectivity index (χ4v) is 2.23. The second-order valence-electron chi connectivity index (χ2n) is 5.69. The summed E-state index contributed by atoms with van der Waals surface area (Å²) >= 11 is 0. The van der Waals surface area contributed by atoms with E-state index in [0.29, 0.717) is 6.42 Å². The van der Waals surface area contributed by atoms with Gasteiger partial charge in [-0.15, -0.1) is 0 Å². The number of aliphatic carboxylic acids is 1. The van der Waals surface area contributed by atoms with E-state index in [1.54, 1.807) is 27.7 Å². The molecule has 19 heavy (non-hydrogen) atoms. The molecule has 1 rings (SSSR count). The van der Waals surface area contributed by atoms with E-state index in [4.69, 9.17) is 4.74 Å². The Morgan fingerprint density at radius 3 is 2.42 bits per heavy atom. The standard InChI is InChI=1S/C13H21NO5/c1-5-8-9(15)6-7-14(10(8)11(16)17)12(18)19-13(2,3)4/h8,10H,5-7H2,1-4H3,(H,16,17). The third-order valence-corrected chi connectivity index (χ3v) is 3.05. The van der Waals surface area contributed by atoms with Crippen molar-refractivity contribution in [3.8, 4) is 0 Å². The molecule has 1 saturated heterocycles. The molecule has 0 aliphatic carbocycles. The molecule has 1 aliphatic rings. The molecule has 2 unspecified atom stereocenters. The largest absolute Gasteiger partial charge is 0.480 e. The van der Waals surface area contributed by atoms with Crippen LogP contribution in [0.15, 0.2) is 0 Å². The number of likely N-dealkylation sites (tertiary alicyclic amines) is 1.